The van der Waals surface area contributed by atoms with Crippen molar-refractivity contribution in [2.75, 3.05) is 5.75 Å². The minimum Gasteiger partial charge on any atom is -0.321 e. The summed E-state index contributed by atoms with van der Waals surface area (Å²) in [6.45, 7) is 0. The highest BCUT2D eigenvalue weighted by molar-refractivity contribution is 7.80. The number of halogens is 4. The summed E-state index contributed by atoms with van der Waals surface area (Å²) in [5.74, 6) is -2.80. The molecule has 126 valence electrons. The number of rotatable bonds is 4. The van der Waals surface area contributed by atoms with Crippen LogP contribution in [0.4, 0.5) is 0 Å². The van der Waals surface area contributed by atoms with Crippen molar-refractivity contribution >= 4 is 82.0 Å². The van der Waals surface area contributed by atoms with Gasteiger partial charge in [0.2, 0.25) is 11.6 Å². The van der Waals surface area contributed by atoms with Crippen LogP contribution in [-0.4, -0.2) is 29.1 Å². The summed E-state index contributed by atoms with van der Waals surface area (Å²) in [5.41, 5.74) is 5.57. The second kappa shape index (κ2) is 7.60. The first kappa shape index (κ1) is 19.5. The molecule has 1 atom stereocenters. The Kier molecular flexibility index (Phi) is 6.18. The predicted octanol–water partition coefficient (Wildman–Crippen LogP) is 3.41. The maximum atomic E-state index is 12.6. The number of carbonyl (C=O) groups excluding carboxylic acids is 3. The molecule has 1 aliphatic rings. The summed E-state index contributed by atoms with van der Waals surface area (Å²) in [5, 5.41) is -0.568. The SMILES string of the molecule is N[C@@H](CS)C(=O)C1=C(Cl)C(=O)C(=O)C(Cl)=C1c1cc(Cl)ccc1Cl. The van der Waals surface area contributed by atoms with Gasteiger partial charge < -0.3 is 5.73 Å². The highest BCUT2D eigenvalue weighted by Crippen LogP contribution is 2.41. The van der Waals surface area contributed by atoms with E-state index in [0.717, 1.165) is 0 Å². The number of ketones is 3. The van der Waals surface area contributed by atoms with E-state index in [1.807, 2.05) is 0 Å². The monoisotopic (exact) mass is 423 g/mol. The van der Waals surface area contributed by atoms with Gasteiger partial charge in [-0.05, 0) is 18.2 Å². The zero-order valence-corrected chi connectivity index (χ0v) is 15.7. The Bertz CT molecular complexity index is 832. The Hall–Kier alpha value is -0.820. The third-order valence-electron chi connectivity index (χ3n) is 3.27. The molecule has 0 saturated heterocycles. The molecule has 0 unspecified atom stereocenters. The molecule has 1 aromatic carbocycles. The van der Waals surface area contributed by atoms with Crippen molar-refractivity contribution < 1.29 is 14.4 Å². The van der Waals surface area contributed by atoms with Gasteiger partial charge in [0.05, 0.1) is 11.6 Å². The summed E-state index contributed by atoms with van der Waals surface area (Å²) in [6, 6.07) is 3.35. The molecule has 2 N–H and O–H groups in total. The first-order valence-corrected chi connectivity index (χ1v) is 8.60. The summed E-state index contributed by atoms with van der Waals surface area (Å²) in [6.07, 6.45) is 0. The smallest absolute Gasteiger partial charge is 0.246 e. The van der Waals surface area contributed by atoms with Crippen molar-refractivity contribution in [3.63, 3.8) is 0 Å². The first-order valence-electron chi connectivity index (χ1n) is 6.45. The van der Waals surface area contributed by atoms with Crippen LogP contribution in [0.25, 0.3) is 5.57 Å². The number of Topliss-reactive ketones (excluding diaryl/α,β-unsaturated/α-hetero) is 3. The molecule has 1 aromatic rings. The minimum absolute atomic E-state index is 0.00279. The minimum atomic E-state index is -1.08. The number of hydrogen-bond donors (Lipinski definition) is 2. The zero-order valence-electron chi connectivity index (χ0n) is 11.8. The molecule has 0 aromatic heterocycles. The normalized spacial score (nSPS) is 16.8. The summed E-state index contributed by atoms with van der Waals surface area (Å²) < 4.78 is 0. The van der Waals surface area contributed by atoms with Gasteiger partial charge in [-0.25, -0.2) is 0 Å². The fourth-order valence-electron chi connectivity index (χ4n) is 2.09. The maximum absolute atomic E-state index is 12.6. The van der Waals surface area contributed by atoms with Crippen LogP contribution in [-0.2, 0) is 14.4 Å². The van der Waals surface area contributed by atoms with Crippen LogP contribution in [0.1, 0.15) is 5.56 Å². The average Bonchev–Trinajstić information content (AvgIpc) is 2.57. The lowest BCUT2D eigenvalue weighted by Crippen LogP contribution is -2.36. The van der Waals surface area contributed by atoms with Crippen molar-refractivity contribution in [1.82, 2.24) is 0 Å². The van der Waals surface area contributed by atoms with E-state index in [4.69, 9.17) is 52.1 Å². The first-order chi connectivity index (χ1) is 11.2. The molecule has 0 bridgehead atoms. The van der Waals surface area contributed by atoms with E-state index >= 15 is 0 Å². The van der Waals surface area contributed by atoms with E-state index in [-0.39, 0.29) is 32.5 Å². The van der Waals surface area contributed by atoms with Gasteiger partial charge in [0.25, 0.3) is 0 Å². The lowest BCUT2D eigenvalue weighted by molar-refractivity contribution is -0.131. The lowest BCUT2D eigenvalue weighted by atomic mass is 9.86. The maximum Gasteiger partial charge on any atom is 0.246 e. The Morgan fingerprint density at radius 2 is 1.67 bits per heavy atom. The second-order valence-corrected chi connectivity index (χ2v) is 6.78. The fraction of sp³-hybridized carbons (Fsp3) is 0.133. The molecule has 0 amide bonds. The summed E-state index contributed by atoms with van der Waals surface area (Å²) in [7, 11) is 0. The number of carbonyl (C=O) groups is 3. The van der Waals surface area contributed by atoms with Crippen LogP contribution in [0.2, 0.25) is 10.0 Å². The van der Waals surface area contributed by atoms with Crippen molar-refractivity contribution in [3.05, 3.63) is 49.4 Å². The van der Waals surface area contributed by atoms with Gasteiger partial charge in [0, 0.05) is 26.9 Å². The Morgan fingerprint density at radius 1 is 1.08 bits per heavy atom. The van der Waals surface area contributed by atoms with E-state index in [1.165, 1.54) is 18.2 Å². The summed E-state index contributed by atoms with van der Waals surface area (Å²) in [4.78, 5) is 36.6. The molecule has 1 aliphatic carbocycles. The van der Waals surface area contributed by atoms with Crippen LogP contribution in [0.15, 0.2) is 33.8 Å². The van der Waals surface area contributed by atoms with E-state index in [0.29, 0.717) is 0 Å². The third kappa shape index (κ3) is 3.43. The molecule has 0 radical (unpaired) electrons. The van der Waals surface area contributed by atoms with E-state index in [9.17, 15) is 14.4 Å². The van der Waals surface area contributed by atoms with Crippen LogP contribution in [0.5, 0.6) is 0 Å². The molecule has 0 fully saturated rings. The molecule has 0 saturated carbocycles. The second-order valence-electron chi connectivity index (χ2n) is 4.81. The van der Waals surface area contributed by atoms with Gasteiger partial charge in [-0.1, -0.05) is 46.4 Å². The van der Waals surface area contributed by atoms with Crippen molar-refractivity contribution in [1.29, 1.82) is 0 Å². The summed E-state index contributed by atoms with van der Waals surface area (Å²) >= 11 is 28.1. The van der Waals surface area contributed by atoms with Gasteiger partial charge in [0.15, 0.2) is 5.78 Å². The molecule has 4 nitrogen and oxygen atoms in total. The molecule has 2 rings (SSSR count). The highest BCUT2D eigenvalue weighted by Gasteiger charge is 2.38. The number of benzene rings is 1. The third-order valence-corrected chi connectivity index (χ3v) is 4.95. The predicted molar refractivity (Wildman–Crippen MR) is 99.0 cm³/mol. The Balaban J connectivity index is 2.81. The van der Waals surface area contributed by atoms with Gasteiger partial charge >= 0.3 is 0 Å². The fourth-order valence-corrected chi connectivity index (χ4v) is 3.19. The molecule has 9 heteroatoms. The van der Waals surface area contributed by atoms with Gasteiger partial charge in [0.1, 0.15) is 10.1 Å². The Morgan fingerprint density at radius 3 is 2.25 bits per heavy atom. The van der Waals surface area contributed by atoms with E-state index in [1.54, 1.807) is 0 Å². The lowest BCUT2D eigenvalue weighted by Gasteiger charge is -2.22. The molecule has 0 heterocycles. The van der Waals surface area contributed by atoms with Crippen LogP contribution in [0.3, 0.4) is 0 Å². The number of thiol groups is 1. The van der Waals surface area contributed by atoms with Crippen LogP contribution < -0.4 is 5.73 Å². The van der Waals surface area contributed by atoms with Crippen molar-refractivity contribution in [2.24, 2.45) is 5.73 Å². The molecule has 0 aliphatic heterocycles. The highest BCUT2D eigenvalue weighted by atomic mass is 35.5. The van der Waals surface area contributed by atoms with E-state index < -0.39 is 33.5 Å². The van der Waals surface area contributed by atoms with Gasteiger partial charge in [-0.3, -0.25) is 14.4 Å². The number of nitrogens with two attached hydrogens (primary N) is 1. The van der Waals surface area contributed by atoms with Crippen LogP contribution in [0, 0.1) is 0 Å². The van der Waals surface area contributed by atoms with E-state index in [2.05, 4.69) is 12.6 Å². The number of hydrogen-bond acceptors (Lipinski definition) is 5. The van der Waals surface area contributed by atoms with Crippen molar-refractivity contribution in [2.45, 2.75) is 6.04 Å². The van der Waals surface area contributed by atoms with Gasteiger partial charge in [-0.15, -0.1) is 0 Å². The molecule has 24 heavy (non-hydrogen) atoms. The topological polar surface area (TPSA) is 77.2 Å². The zero-order chi connectivity index (χ0) is 18.2. The molecular formula is C15H9Cl4NO3S. The quantitative estimate of drug-likeness (QED) is 0.441. The van der Waals surface area contributed by atoms with Crippen molar-refractivity contribution in [3.8, 4) is 0 Å². The Labute approximate surface area is 163 Å². The largest absolute Gasteiger partial charge is 0.321 e. The number of allylic oxidation sites excluding steroid dienone is 3. The molecular weight excluding hydrogens is 416 g/mol. The molecule has 0 spiro atoms. The standard InChI is InChI=1S/C15H9Cl4NO3S/c16-5-1-2-7(17)6(3-5)9-10(13(21)8(20)4-24)12(19)15(23)14(22)11(9)18/h1-3,8,24H,4,20H2/t8-/m0/s1. The average molecular weight is 425 g/mol. The van der Waals surface area contributed by atoms with Gasteiger partial charge in [-0.2, -0.15) is 12.6 Å². The van der Waals surface area contributed by atoms with Crippen LogP contribution >= 0.6 is 59.0 Å².